The van der Waals surface area contributed by atoms with E-state index < -0.39 is 20.7 Å². The second-order valence-corrected chi connectivity index (χ2v) is 3.20. The molecule has 7 nitrogen and oxygen atoms in total. The Morgan fingerprint density at radius 1 is 1.09 bits per heavy atom. The van der Waals surface area contributed by atoms with E-state index in [4.69, 9.17) is 4.78 Å². The van der Waals surface area contributed by atoms with Gasteiger partial charge in [0, 0.05) is 0 Å². The molecule has 0 aliphatic carbocycles. The molecule has 0 aromatic heterocycles. The Hall–Kier alpha value is 1.78. The summed E-state index contributed by atoms with van der Waals surface area (Å²) >= 11 is 0. The van der Waals surface area contributed by atoms with Crippen LogP contribution >= 0.6 is 0 Å². The molecule has 1 atom stereocenters. The van der Waals surface area contributed by atoms with E-state index in [1.807, 2.05) is 0 Å². The van der Waals surface area contributed by atoms with E-state index in [9.17, 15) is 21.7 Å². The molecule has 1 unspecified atom stereocenters. The van der Waals surface area contributed by atoms with Crippen LogP contribution in [0.5, 0.6) is 0 Å². The maximum absolute atomic E-state index is 9.51. The normalized spacial score (nSPS) is 15.5. The molecule has 0 aliphatic heterocycles. The first-order valence-corrected chi connectivity index (χ1v) is 4.11. The van der Waals surface area contributed by atoms with Gasteiger partial charge in [0.15, 0.2) is 0 Å². The Balaban J connectivity index is -0.000000320. The standard InChI is InChI=1S/H3NO6S2.2Na/c1-8(2,3)7-9(4,5)6;;/h(H2,1,2,3)(H,4,5,6);;/q;2*+1/p-2. The minimum Gasteiger partial charge on any atom is -0.742 e. The van der Waals surface area contributed by atoms with E-state index in [-0.39, 0.29) is 59.1 Å². The molecular formula is HNNa2O6S2. The first kappa shape index (κ1) is 18.5. The SMILES string of the molecule is N=S(=O)([O-])OS(=O)(=O)[O-].[Na+].[Na+]. The van der Waals surface area contributed by atoms with Crippen molar-refractivity contribution >= 4 is 20.7 Å². The van der Waals surface area contributed by atoms with E-state index in [1.54, 1.807) is 0 Å². The number of hydrogen-bond acceptors (Lipinski definition) is 7. The molecule has 1 N–H and O–H groups in total. The van der Waals surface area contributed by atoms with Gasteiger partial charge in [0.05, 0.1) is 0 Å². The van der Waals surface area contributed by atoms with Gasteiger partial charge >= 0.3 is 59.1 Å². The van der Waals surface area contributed by atoms with Crippen LogP contribution < -0.4 is 59.1 Å². The van der Waals surface area contributed by atoms with Crippen LogP contribution in [-0.4, -0.2) is 21.7 Å². The van der Waals surface area contributed by atoms with Crippen LogP contribution in [0.1, 0.15) is 0 Å². The molecule has 0 aliphatic rings. The van der Waals surface area contributed by atoms with Crippen LogP contribution in [0.2, 0.25) is 0 Å². The van der Waals surface area contributed by atoms with Gasteiger partial charge in [-0.1, -0.05) is 0 Å². The van der Waals surface area contributed by atoms with Crippen LogP contribution in [0.15, 0.2) is 0 Å². The monoisotopic (exact) mass is 221 g/mol. The van der Waals surface area contributed by atoms with Gasteiger partial charge in [-0.25, -0.2) is 17.4 Å². The average Bonchev–Trinajstić information content (AvgIpc) is 1.14. The van der Waals surface area contributed by atoms with E-state index in [0.717, 1.165) is 0 Å². The number of rotatable bonds is 2. The molecule has 56 valence electrons. The van der Waals surface area contributed by atoms with Gasteiger partial charge in [-0.05, 0) is 0 Å². The molecule has 0 amide bonds. The van der Waals surface area contributed by atoms with Crippen molar-refractivity contribution in [1.82, 2.24) is 0 Å². The third kappa shape index (κ3) is 18.6. The zero-order valence-corrected chi connectivity index (χ0v) is 11.4. The van der Waals surface area contributed by atoms with E-state index >= 15 is 0 Å². The molecule has 0 saturated carbocycles. The summed E-state index contributed by atoms with van der Waals surface area (Å²) < 4.78 is 55.6. The molecule has 11 heavy (non-hydrogen) atoms. The Labute approximate surface area is 108 Å². The number of nitrogens with one attached hydrogen (secondary N) is 1. The first-order valence-electron chi connectivity index (χ1n) is 1.37. The minimum atomic E-state index is -5.31. The molecule has 0 bridgehead atoms. The fraction of sp³-hybridized carbons (Fsp3) is 0. The number of hydrogen-bond donors (Lipinski definition) is 1. The summed E-state index contributed by atoms with van der Waals surface area (Å²) in [7, 11) is -10.2. The summed E-state index contributed by atoms with van der Waals surface area (Å²) in [4.78, 5) is 0. The molecule has 0 fully saturated rings. The van der Waals surface area contributed by atoms with Crippen molar-refractivity contribution in [3.05, 3.63) is 0 Å². The smallest absolute Gasteiger partial charge is 0.742 e. The van der Waals surface area contributed by atoms with Gasteiger partial charge in [-0.15, -0.1) is 0 Å². The van der Waals surface area contributed by atoms with Gasteiger partial charge in [-0.3, -0.25) is 0 Å². The quantitative estimate of drug-likeness (QED) is 0.280. The van der Waals surface area contributed by atoms with Crippen LogP contribution in [0.3, 0.4) is 0 Å². The van der Waals surface area contributed by atoms with Crippen LogP contribution in [0, 0.1) is 4.78 Å². The third-order valence-electron chi connectivity index (χ3n) is 0.173. The van der Waals surface area contributed by atoms with Crippen molar-refractivity contribution in [3.63, 3.8) is 0 Å². The first-order chi connectivity index (χ1) is 3.71. The minimum absolute atomic E-state index is 0. The summed E-state index contributed by atoms with van der Waals surface area (Å²) in [6.07, 6.45) is 0. The second kappa shape index (κ2) is 6.27. The zero-order chi connectivity index (χ0) is 7.71. The Kier molecular flexibility index (Phi) is 10.6. The summed E-state index contributed by atoms with van der Waals surface area (Å²) in [5.74, 6) is 0. The summed E-state index contributed by atoms with van der Waals surface area (Å²) in [5.41, 5.74) is 0. The van der Waals surface area contributed by atoms with Gasteiger partial charge < -0.3 is 9.11 Å². The fourth-order valence-electron chi connectivity index (χ4n) is 0.110. The fourth-order valence-corrected chi connectivity index (χ4v) is 0.987. The molecule has 0 aromatic rings. The molecule has 0 radical (unpaired) electrons. The average molecular weight is 221 g/mol. The largest absolute Gasteiger partial charge is 1.00 e. The van der Waals surface area contributed by atoms with Crippen LogP contribution in [0.4, 0.5) is 0 Å². The van der Waals surface area contributed by atoms with E-state index in [0.29, 0.717) is 0 Å². The molecule has 0 aromatic carbocycles. The second-order valence-electron chi connectivity index (χ2n) is 0.930. The predicted octanol–water partition coefficient (Wildman–Crippen LogP) is -7.44. The maximum atomic E-state index is 9.51. The molecular weight excluding hydrogens is 220 g/mol. The Morgan fingerprint density at radius 3 is 1.36 bits per heavy atom. The van der Waals surface area contributed by atoms with E-state index in [2.05, 4.69) is 3.63 Å². The molecule has 0 heterocycles. The molecule has 0 saturated heterocycles. The summed E-state index contributed by atoms with van der Waals surface area (Å²) in [6, 6.07) is 0. The van der Waals surface area contributed by atoms with Crippen molar-refractivity contribution in [2.24, 2.45) is 0 Å². The van der Waals surface area contributed by atoms with Gasteiger partial charge in [0.2, 0.25) is 10.4 Å². The van der Waals surface area contributed by atoms with Crippen LogP contribution in [0.25, 0.3) is 0 Å². The summed E-state index contributed by atoms with van der Waals surface area (Å²) in [6.45, 7) is 0. The van der Waals surface area contributed by atoms with E-state index in [1.165, 1.54) is 0 Å². The van der Waals surface area contributed by atoms with Crippen molar-refractivity contribution in [2.45, 2.75) is 0 Å². The van der Waals surface area contributed by atoms with Crippen molar-refractivity contribution in [3.8, 4) is 0 Å². The maximum Gasteiger partial charge on any atom is 1.00 e. The van der Waals surface area contributed by atoms with Gasteiger partial charge in [-0.2, -0.15) is 3.63 Å². The predicted molar refractivity (Wildman–Crippen MR) is 22.4 cm³/mol. The van der Waals surface area contributed by atoms with Crippen molar-refractivity contribution in [2.75, 3.05) is 0 Å². The zero-order valence-electron chi connectivity index (χ0n) is 5.77. The summed E-state index contributed by atoms with van der Waals surface area (Å²) in [5, 5.41) is 0. The topological polar surface area (TPSA) is 130 Å². The molecule has 0 spiro atoms. The van der Waals surface area contributed by atoms with Gasteiger partial charge in [0.1, 0.15) is 10.3 Å². The third-order valence-corrected chi connectivity index (χ3v) is 1.56. The van der Waals surface area contributed by atoms with Gasteiger partial charge in [0.25, 0.3) is 0 Å². The van der Waals surface area contributed by atoms with Crippen molar-refractivity contribution in [1.29, 1.82) is 4.78 Å². The molecule has 11 heteroatoms. The Bertz CT molecular complexity index is 244. The van der Waals surface area contributed by atoms with Crippen LogP contribution in [-0.2, 0) is 24.3 Å². The van der Waals surface area contributed by atoms with Crippen molar-refractivity contribution < 1.29 is 84.5 Å². The Morgan fingerprint density at radius 2 is 1.36 bits per heavy atom. The molecule has 0 rings (SSSR count).